The summed E-state index contributed by atoms with van der Waals surface area (Å²) in [4.78, 5) is 47.8. The highest BCUT2D eigenvalue weighted by molar-refractivity contribution is 6.04. The fourth-order valence-corrected chi connectivity index (χ4v) is 4.36. The number of piperidine rings is 1. The molecule has 0 spiro atoms. The fraction of sp³-hybridized carbons (Fsp3) is 0.269. The highest BCUT2D eigenvalue weighted by Crippen LogP contribution is 2.35. The van der Waals surface area contributed by atoms with Gasteiger partial charge in [0.05, 0.1) is 11.7 Å². The molecule has 1 fully saturated rings. The van der Waals surface area contributed by atoms with Crippen molar-refractivity contribution in [3.05, 3.63) is 77.5 Å². The number of nitrogens with two attached hydrogens (primary N) is 2. The van der Waals surface area contributed by atoms with E-state index in [9.17, 15) is 14.4 Å². The monoisotopic (exact) mass is 487 g/mol. The number of Topliss-reactive ketones (excluding diaryl/α,β-unsaturated/α-hetero) is 1. The van der Waals surface area contributed by atoms with Crippen molar-refractivity contribution in [1.82, 2.24) is 19.5 Å². The lowest BCUT2D eigenvalue weighted by atomic mass is 10.00. The first-order chi connectivity index (χ1) is 17.2. The van der Waals surface area contributed by atoms with Crippen LogP contribution in [0.2, 0.25) is 0 Å². The van der Waals surface area contributed by atoms with Crippen LogP contribution in [0.1, 0.15) is 64.5 Å². The molecule has 3 aromatic rings. The van der Waals surface area contributed by atoms with Gasteiger partial charge in [-0.2, -0.15) is 0 Å². The number of hydrogen-bond acceptors (Lipinski definition) is 7. The number of allylic oxidation sites excluding steroid dienone is 1. The van der Waals surface area contributed by atoms with Crippen LogP contribution in [-0.2, 0) is 4.79 Å². The molecule has 1 aliphatic rings. The number of rotatable bonds is 7. The molecule has 0 bridgehead atoms. The molecule has 1 atom stereocenters. The van der Waals surface area contributed by atoms with Gasteiger partial charge in [0.2, 0.25) is 0 Å². The normalized spacial score (nSPS) is 15.4. The molecule has 1 aromatic carbocycles. The Labute approximate surface area is 209 Å². The topological polar surface area (TPSA) is 149 Å². The number of primary amides is 1. The number of aromatic nitrogens is 3. The summed E-state index contributed by atoms with van der Waals surface area (Å²) in [6, 6.07) is 9.89. The second kappa shape index (κ2) is 10.0. The second-order valence-corrected chi connectivity index (χ2v) is 8.86. The number of aryl methyl sites for hydroxylation is 1. The molecule has 10 heteroatoms. The Kier molecular flexibility index (Phi) is 6.86. The van der Waals surface area contributed by atoms with Gasteiger partial charge < -0.3 is 21.8 Å². The van der Waals surface area contributed by atoms with E-state index in [1.54, 1.807) is 36.5 Å². The molecule has 0 saturated carbocycles. The van der Waals surface area contributed by atoms with Crippen molar-refractivity contribution in [2.24, 2.45) is 5.73 Å². The summed E-state index contributed by atoms with van der Waals surface area (Å²) < 4.78 is 1.21. The lowest BCUT2D eigenvalue weighted by Crippen LogP contribution is -2.37. The molecule has 3 heterocycles. The molecule has 1 saturated heterocycles. The molecule has 36 heavy (non-hydrogen) atoms. The number of carbonyl (C=O) groups is 3. The minimum Gasteiger partial charge on any atom is -0.364 e. The van der Waals surface area contributed by atoms with E-state index in [1.807, 2.05) is 17.9 Å². The third-order valence-corrected chi connectivity index (χ3v) is 6.30. The van der Waals surface area contributed by atoms with E-state index in [1.165, 1.54) is 11.6 Å². The van der Waals surface area contributed by atoms with E-state index in [0.29, 0.717) is 47.1 Å². The average Bonchev–Trinajstić information content (AvgIpc) is 3.22. The minimum atomic E-state index is -0.730. The number of nitrogens with zero attached hydrogens (tertiary/aromatic N) is 4. The molecule has 2 aromatic heterocycles. The highest BCUT2D eigenvalue weighted by atomic mass is 16.2. The van der Waals surface area contributed by atoms with E-state index in [0.717, 1.165) is 18.4 Å². The van der Waals surface area contributed by atoms with Gasteiger partial charge in [-0.3, -0.25) is 14.4 Å². The molecule has 186 valence electrons. The number of anilines is 1. The maximum atomic E-state index is 12.6. The first kappa shape index (κ1) is 24.6. The van der Waals surface area contributed by atoms with Gasteiger partial charge in [0.15, 0.2) is 17.3 Å². The van der Waals surface area contributed by atoms with Crippen molar-refractivity contribution in [3.8, 4) is 11.3 Å². The fourth-order valence-electron chi connectivity index (χ4n) is 4.36. The molecule has 0 radical (unpaired) electrons. The summed E-state index contributed by atoms with van der Waals surface area (Å²) in [5.41, 5.74) is 8.39. The molecule has 10 nitrogen and oxygen atoms in total. The standard InChI is InChI=1S/C26H29N7O3/c1-15-7-12-21(29-14-15)30-26(36)19-10-8-18(9-11-19)22-23(24(27)35)33(28)25(31-22)20-6-4-5-13-32(20)16(2)17(3)34/h7-12,14,20H,2,4-6,13,28H2,1,3H3,(H2,27,35)(H,29,30,36)/t20-/m0/s1. The maximum absolute atomic E-state index is 12.6. The van der Waals surface area contributed by atoms with Gasteiger partial charge >= 0.3 is 0 Å². The summed E-state index contributed by atoms with van der Waals surface area (Å²) in [5.74, 6) is 6.01. The molecular weight excluding hydrogens is 458 g/mol. The summed E-state index contributed by atoms with van der Waals surface area (Å²) >= 11 is 0. The number of likely N-dealkylation sites (tertiary alicyclic amines) is 1. The van der Waals surface area contributed by atoms with Crippen molar-refractivity contribution in [2.45, 2.75) is 39.2 Å². The molecule has 1 aliphatic heterocycles. The van der Waals surface area contributed by atoms with Crippen LogP contribution in [0.15, 0.2) is 54.9 Å². The first-order valence-electron chi connectivity index (χ1n) is 11.7. The number of nitrogens with one attached hydrogen (secondary N) is 1. The van der Waals surface area contributed by atoms with E-state index in [4.69, 9.17) is 16.6 Å². The summed E-state index contributed by atoms with van der Waals surface area (Å²) in [6.45, 7) is 7.95. The minimum absolute atomic E-state index is 0.0463. The Morgan fingerprint density at radius 2 is 1.83 bits per heavy atom. The van der Waals surface area contributed by atoms with E-state index in [-0.39, 0.29) is 23.4 Å². The molecule has 0 aliphatic carbocycles. The number of benzene rings is 1. The zero-order valence-corrected chi connectivity index (χ0v) is 20.3. The molecule has 4 rings (SSSR count). The van der Waals surface area contributed by atoms with Crippen molar-refractivity contribution >= 4 is 23.4 Å². The van der Waals surface area contributed by atoms with Crippen LogP contribution < -0.4 is 16.9 Å². The zero-order chi connectivity index (χ0) is 26.0. The van der Waals surface area contributed by atoms with Crippen molar-refractivity contribution < 1.29 is 14.4 Å². The molecule has 5 N–H and O–H groups in total. The maximum Gasteiger partial charge on any atom is 0.269 e. The number of nitrogen functional groups attached to an aromatic ring is 1. The van der Waals surface area contributed by atoms with Gasteiger partial charge in [-0.1, -0.05) is 24.8 Å². The number of pyridine rings is 1. The van der Waals surface area contributed by atoms with Crippen LogP contribution in [0.5, 0.6) is 0 Å². The van der Waals surface area contributed by atoms with Crippen molar-refractivity contribution in [3.63, 3.8) is 0 Å². The quantitative estimate of drug-likeness (QED) is 0.342. The number of hydrogen-bond donors (Lipinski definition) is 3. The number of imidazole rings is 1. The van der Waals surface area contributed by atoms with Crippen LogP contribution >= 0.6 is 0 Å². The zero-order valence-electron chi connectivity index (χ0n) is 20.3. The Balaban J connectivity index is 1.65. The average molecular weight is 488 g/mol. The summed E-state index contributed by atoms with van der Waals surface area (Å²) in [6.07, 6.45) is 4.19. The van der Waals surface area contributed by atoms with Gasteiger partial charge in [0.25, 0.3) is 11.8 Å². The van der Waals surface area contributed by atoms with Crippen molar-refractivity contribution in [1.29, 1.82) is 0 Å². The lowest BCUT2D eigenvalue weighted by molar-refractivity contribution is -0.115. The number of carbonyl (C=O) groups excluding carboxylic acids is 3. The first-order valence-corrected chi connectivity index (χ1v) is 11.7. The Hall–Kier alpha value is -4.47. The molecule has 2 amide bonds. The van der Waals surface area contributed by atoms with Gasteiger partial charge in [0.1, 0.15) is 11.5 Å². The van der Waals surface area contributed by atoms with Crippen LogP contribution in [0, 0.1) is 6.92 Å². The van der Waals surface area contributed by atoms with Crippen LogP contribution in [0.25, 0.3) is 11.3 Å². The van der Waals surface area contributed by atoms with E-state index in [2.05, 4.69) is 16.9 Å². The predicted molar refractivity (Wildman–Crippen MR) is 136 cm³/mol. The van der Waals surface area contributed by atoms with Gasteiger partial charge in [-0.05, 0) is 49.9 Å². The predicted octanol–water partition coefficient (Wildman–Crippen LogP) is 2.95. The summed E-state index contributed by atoms with van der Waals surface area (Å²) in [5, 5.41) is 2.75. The van der Waals surface area contributed by atoms with Gasteiger partial charge in [-0.15, -0.1) is 0 Å². The lowest BCUT2D eigenvalue weighted by Gasteiger charge is -2.37. The smallest absolute Gasteiger partial charge is 0.269 e. The molecule has 0 unspecified atom stereocenters. The number of ketones is 1. The van der Waals surface area contributed by atoms with Crippen LogP contribution in [-0.4, -0.2) is 43.7 Å². The van der Waals surface area contributed by atoms with Crippen LogP contribution in [0.4, 0.5) is 5.82 Å². The second-order valence-electron chi connectivity index (χ2n) is 8.86. The number of amides is 2. The van der Waals surface area contributed by atoms with E-state index < -0.39 is 5.91 Å². The Morgan fingerprint density at radius 1 is 1.11 bits per heavy atom. The van der Waals surface area contributed by atoms with Gasteiger partial charge in [-0.25, -0.2) is 14.6 Å². The Bertz CT molecular complexity index is 1330. The van der Waals surface area contributed by atoms with Crippen molar-refractivity contribution in [2.75, 3.05) is 17.7 Å². The third-order valence-electron chi connectivity index (χ3n) is 6.30. The molecular formula is C26H29N7O3. The van der Waals surface area contributed by atoms with Crippen LogP contribution in [0.3, 0.4) is 0 Å². The summed E-state index contributed by atoms with van der Waals surface area (Å²) in [7, 11) is 0. The largest absolute Gasteiger partial charge is 0.364 e. The highest BCUT2D eigenvalue weighted by Gasteiger charge is 2.33. The SMILES string of the molecule is C=C(C(C)=O)N1CCCC[C@H]1c1nc(-c2ccc(C(=O)Nc3ccc(C)cn3)cc2)c(C(N)=O)n1N. The third kappa shape index (κ3) is 4.83. The van der Waals surface area contributed by atoms with E-state index >= 15 is 0 Å². The van der Waals surface area contributed by atoms with Gasteiger partial charge in [0, 0.05) is 30.8 Å². The Morgan fingerprint density at radius 3 is 2.44 bits per heavy atom.